The molecule has 0 aliphatic carbocycles. The van der Waals surface area contributed by atoms with Crippen LogP contribution in [-0.2, 0) is 7.05 Å². The summed E-state index contributed by atoms with van der Waals surface area (Å²) in [4.78, 5) is 15.2. The Kier molecular flexibility index (Phi) is 3.86. The van der Waals surface area contributed by atoms with Gasteiger partial charge in [0.25, 0.3) is 5.91 Å². The van der Waals surface area contributed by atoms with Crippen LogP contribution in [0.25, 0.3) is 10.9 Å². The summed E-state index contributed by atoms with van der Waals surface area (Å²) >= 11 is 0. The molecule has 0 spiro atoms. The highest BCUT2D eigenvalue weighted by Crippen LogP contribution is 2.26. The van der Waals surface area contributed by atoms with Gasteiger partial charge in [0.15, 0.2) is 0 Å². The molecular formula is C20H24N4O. The van der Waals surface area contributed by atoms with Crippen molar-refractivity contribution >= 4 is 16.8 Å². The lowest BCUT2D eigenvalue weighted by Gasteiger charge is -2.33. The van der Waals surface area contributed by atoms with E-state index in [1.807, 2.05) is 43.3 Å². The molecule has 0 bridgehead atoms. The molecule has 130 valence electrons. The van der Waals surface area contributed by atoms with Crippen molar-refractivity contribution in [1.29, 1.82) is 0 Å². The van der Waals surface area contributed by atoms with E-state index in [4.69, 9.17) is 0 Å². The minimum Gasteiger partial charge on any atom is -0.351 e. The number of aryl methyl sites for hydroxylation is 3. The highest BCUT2D eigenvalue weighted by atomic mass is 16.2. The molecule has 5 heteroatoms. The lowest BCUT2D eigenvalue weighted by Crippen LogP contribution is -2.41. The topological polar surface area (TPSA) is 43.1 Å². The predicted molar refractivity (Wildman–Crippen MR) is 98.8 cm³/mol. The summed E-state index contributed by atoms with van der Waals surface area (Å²) in [6.07, 6.45) is 4.09. The van der Waals surface area contributed by atoms with Crippen molar-refractivity contribution in [3.05, 3.63) is 53.5 Å². The van der Waals surface area contributed by atoms with E-state index in [2.05, 4.69) is 33.4 Å². The van der Waals surface area contributed by atoms with Crippen molar-refractivity contribution in [3.63, 3.8) is 0 Å². The average Bonchev–Trinajstić information content (AvgIpc) is 3.16. The van der Waals surface area contributed by atoms with E-state index in [-0.39, 0.29) is 11.9 Å². The van der Waals surface area contributed by atoms with Gasteiger partial charge in [-0.1, -0.05) is 6.07 Å². The predicted octanol–water partition coefficient (Wildman–Crippen LogP) is 3.47. The summed E-state index contributed by atoms with van der Waals surface area (Å²) in [5.74, 6) is 0.128. The maximum absolute atomic E-state index is 13.2. The Morgan fingerprint density at radius 1 is 1.24 bits per heavy atom. The lowest BCUT2D eigenvalue weighted by molar-refractivity contribution is 0.0673. The molecule has 4 rings (SSSR count). The van der Waals surface area contributed by atoms with Crippen molar-refractivity contribution in [2.45, 2.75) is 32.7 Å². The molecule has 0 N–H and O–H groups in total. The van der Waals surface area contributed by atoms with Gasteiger partial charge in [0.2, 0.25) is 0 Å². The number of amides is 1. The number of aromatic nitrogens is 3. The van der Waals surface area contributed by atoms with Gasteiger partial charge in [-0.15, -0.1) is 0 Å². The monoisotopic (exact) mass is 336 g/mol. The molecule has 3 aromatic rings. The summed E-state index contributed by atoms with van der Waals surface area (Å²) in [6.45, 7) is 5.65. The lowest BCUT2D eigenvalue weighted by atomic mass is 10.0. The molecule has 2 aromatic heterocycles. The van der Waals surface area contributed by atoms with Gasteiger partial charge >= 0.3 is 0 Å². The number of piperidine rings is 1. The first-order chi connectivity index (χ1) is 12.0. The second kappa shape index (κ2) is 6.06. The highest BCUT2D eigenvalue weighted by Gasteiger charge is 2.27. The van der Waals surface area contributed by atoms with Crippen molar-refractivity contribution < 1.29 is 4.79 Å². The third kappa shape index (κ3) is 2.73. The summed E-state index contributed by atoms with van der Waals surface area (Å²) in [5.41, 5.74) is 4.10. The Balaban J connectivity index is 1.62. The van der Waals surface area contributed by atoms with Gasteiger partial charge in [-0.05, 0) is 51.0 Å². The molecule has 1 fully saturated rings. The van der Waals surface area contributed by atoms with Crippen LogP contribution in [-0.4, -0.2) is 38.2 Å². The standard InChI is InChI=1S/C20H24N4O/c1-14-12-15(2)24(21-14)16-6-5-10-23(13-16)20(25)18-7-4-8-19-17(18)9-11-22(19)3/h4,7-9,11-12,16H,5-6,10,13H2,1-3H3/t16-/m1/s1. The van der Waals surface area contributed by atoms with E-state index < -0.39 is 0 Å². The van der Waals surface area contributed by atoms with Gasteiger partial charge < -0.3 is 9.47 Å². The van der Waals surface area contributed by atoms with Gasteiger partial charge in [-0.25, -0.2) is 0 Å². The zero-order chi connectivity index (χ0) is 17.6. The number of nitrogens with zero attached hydrogens (tertiary/aromatic N) is 4. The van der Waals surface area contributed by atoms with Crippen LogP contribution in [0, 0.1) is 13.8 Å². The SMILES string of the molecule is Cc1cc(C)n([C@@H]2CCCN(C(=O)c3cccc4c3ccn4C)C2)n1. The largest absolute Gasteiger partial charge is 0.351 e. The second-order valence-electron chi connectivity index (χ2n) is 7.08. The maximum Gasteiger partial charge on any atom is 0.254 e. The van der Waals surface area contributed by atoms with Crippen molar-refractivity contribution in [2.24, 2.45) is 7.05 Å². The summed E-state index contributed by atoms with van der Waals surface area (Å²) in [6, 6.07) is 10.4. The average molecular weight is 336 g/mol. The van der Waals surface area contributed by atoms with Crippen molar-refractivity contribution in [3.8, 4) is 0 Å². The van der Waals surface area contributed by atoms with Crippen molar-refractivity contribution in [2.75, 3.05) is 13.1 Å². The van der Waals surface area contributed by atoms with Crippen LogP contribution in [0.5, 0.6) is 0 Å². The summed E-state index contributed by atoms with van der Waals surface area (Å²) < 4.78 is 4.15. The molecule has 0 saturated carbocycles. The molecule has 1 aliphatic rings. The van der Waals surface area contributed by atoms with Gasteiger partial charge in [0.1, 0.15) is 0 Å². The molecule has 1 aromatic carbocycles. The minimum atomic E-state index is 0.128. The number of carbonyl (C=O) groups is 1. The van der Waals surface area contributed by atoms with Crippen molar-refractivity contribution in [1.82, 2.24) is 19.2 Å². The molecule has 0 radical (unpaired) electrons. The molecule has 25 heavy (non-hydrogen) atoms. The number of carbonyl (C=O) groups excluding carboxylic acids is 1. The third-order valence-corrected chi connectivity index (χ3v) is 5.23. The van der Waals surface area contributed by atoms with Gasteiger partial charge in [-0.2, -0.15) is 5.10 Å². The molecule has 1 saturated heterocycles. The number of hydrogen-bond donors (Lipinski definition) is 0. The molecule has 1 atom stereocenters. The van der Waals surface area contributed by atoms with Gasteiger partial charge in [0.05, 0.1) is 11.7 Å². The Morgan fingerprint density at radius 3 is 2.84 bits per heavy atom. The molecule has 3 heterocycles. The molecule has 1 aliphatic heterocycles. The normalized spacial score (nSPS) is 18.0. The number of fused-ring (bicyclic) bond motifs is 1. The van der Waals surface area contributed by atoms with E-state index in [1.54, 1.807) is 0 Å². The van der Waals surface area contributed by atoms with Crippen LogP contribution in [0.3, 0.4) is 0 Å². The van der Waals surface area contributed by atoms with Gasteiger partial charge in [0, 0.05) is 48.5 Å². The fraction of sp³-hybridized carbons (Fsp3) is 0.400. The molecule has 0 unspecified atom stereocenters. The number of hydrogen-bond acceptors (Lipinski definition) is 2. The quantitative estimate of drug-likeness (QED) is 0.719. The van der Waals surface area contributed by atoms with Crippen LogP contribution in [0.15, 0.2) is 36.5 Å². The zero-order valence-corrected chi connectivity index (χ0v) is 15.1. The first-order valence-electron chi connectivity index (χ1n) is 8.90. The van der Waals surface area contributed by atoms with E-state index in [0.29, 0.717) is 0 Å². The Hall–Kier alpha value is -2.56. The first kappa shape index (κ1) is 15.9. The maximum atomic E-state index is 13.2. The Morgan fingerprint density at radius 2 is 2.08 bits per heavy atom. The first-order valence-corrected chi connectivity index (χ1v) is 8.90. The zero-order valence-electron chi connectivity index (χ0n) is 15.1. The van der Waals surface area contributed by atoms with Crippen LogP contribution in [0.1, 0.15) is 40.6 Å². The van der Waals surface area contributed by atoms with E-state index >= 15 is 0 Å². The number of rotatable bonds is 2. The number of likely N-dealkylation sites (tertiary alicyclic amines) is 1. The van der Waals surface area contributed by atoms with E-state index in [0.717, 1.165) is 48.1 Å². The Bertz CT molecular complexity index is 936. The van der Waals surface area contributed by atoms with E-state index in [1.165, 1.54) is 5.69 Å². The molecular weight excluding hydrogens is 312 g/mol. The van der Waals surface area contributed by atoms with Crippen LogP contribution in [0.2, 0.25) is 0 Å². The fourth-order valence-electron chi connectivity index (χ4n) is 4.01. The fourth-order valence-corrected chi connectivity index (χ4v) is 4.01. The van der Waals surface area contributed by atoms with Gasteiger partial charge in [-0.3, -0.25) is 9.48 Å². The molecule has 1 amide bonds. The summed E-state index contributed by atoms with van der Waals surface area (Å²) in [5, 5.41) is 5.66. The van der Waals surface area contributed by atoms with Crippen LogP contribution < -0.4 is 0 Å². The second-order valence-corrected chi connectivity index (χ2v) is 7.08. The summed E-state index contributed by atoms with van der Waals surface area (Å²) in [7, 11) is 2.01. The van der Waals surface area contributed by atoms with E-state index in [9.17, 15) is 4.79 Å². The molecule has 5 nitrogen and oxygen atoms in total. The van der Waals surface area contributed by atoms with Crippen LogP contribution >= 0.6 is 0 Å². The minimum absolute atomic E-state index is 0.128. The smallest absolute Gasteiger partial charge is 0.254 e. The third-order valence-electron chi connectivity index (χ3n) is 5.23. The number of benzene rings is 1. The van der Waals surface area contributed by atoms with Crippen LogP contribution in [0.4, 0.5) is 0 Å². The highest BCUT2D eigenvalue weighted by molar-refractivity contribution is 6.06. The Labute approximate surface area is 147 Å².